The normalized spacial score (nSPS) is 22.8. The van der Waals surface area contributed by atoms with E-state index in [0.29, 0.717) is 5.75 Å². The fourth-order valence-electron chi connectivity index (χ4n) is 2.23. The number of hydrogen-bond donors (Lipinski definition) is 2. The third-order valence-electron chi connectivity index (χ3n) is 3.24. The summed E-state index contributed by atoms with van der Waals surface area (Å²) in [6, 6.07) is 5.45. The summed E-state index contributed by atoms with van der Waals surface area (Å²) in [4.78, 5) is 11.7. The highest BCUT2D eigenvalue weighted by Crippen LogP contribution is 2.18. The van der Waals surface area contributed by atoms with Gasteiger partial charge in [-0.15, -0.1) is 0 Å². The van der Waals surface area contributed by atoms with Gasteiger partial charge in [-0.1, -0.05) is 18.9 Å². The third-order valence-corrected chi connectivity index (χ3v) is 3.24. The average molecular weight is 267 g/mol. The molecule has 1 aromatic carbocycles. The van der Waals surface area contributed by atoms with Gasteiger partial charge in [0.1, 0.15) is 11.6 Å². The highest BCUT2D eigenvalue weighted by molar-refractivity contribution is 5.77. The van der Waals surface area contributed by atoms with Crippen LogP contribution < -0.4 is 10.1 Å². The second kappa shape index (κ2) is 6.52. The minimum Gasteiger partial charge on any atom is -0.484 e. The van der Waals surface area contributed by atoms with Gasteiger partial charge in [0, 0.05) is 6.07 Å². The van der Waals surface area contributed by atoms with Crippen LogP contribution in [0.5, 0.6) is 5.75 Å². The molecule has 0 bridgehead atoms. The number of benzene rings is 1. The molecule has 0 radical (unpaired) electrons. The molecule has 2 rings (SSSR count). The smallest absolute Gasteiger partial charge is 0.258 e. The first-order chi connectivity index (χ1) is 9.15. The van der Waals surface area contributed by atoms with Crippen LogP contribution in [0.4, 0.5) is 4.39 Å². The molecule has 4 nitrogen and oxygen atoms in total. The summed E-state index contributed by atoms with van der Waals surface area (Å²) in [6.07, 6.45) is 3.02. The minimum absolute atomic E-state index is 0.174. The van der Waals surface area contributed by atoms with Crippen LogP contribution in [0, 0.1) is 5.82 Å². The lowest BCUT2D eigenvalue weighted by atomic mass is 9.92. The fourth-order valence-corrected chi connectivity index (χ4v) is 2.23. The first kappa shape index (κ1) is 13.8. The maximum absolute atomic E-state index is 12.9. The predicted molar refractivity (Wildman–Crippen MR) is 68.3 cm³/mol. The Labute approximate surface area is 111 Å². The number of aliphatic hydroxyl groups is 1. The molecule has 1 aliphatic rings. The van der Waals surface area contributed by atoms with E-state index in [9.17, 15) is 14.3 Å². The summed E-state index contributed by atoms with van der Waals surface area (Å²) in [7, 11) is 0. The zero-order valence-corrected chi connectivity index (χ0v) is 10.6. The molecule has 0 heterocycles. The van der Waals surface area contributed by atoms with Crippen molar-refractivity contribution in [1.29, 1.82) is 0 Å². The van der Waals surface area contributed by atoms with Gasteiger partial charge >= 0.3 is 0 Å². The van der Waals surface area contributed by atoms with Crippen LogP contribution in [-0.2, 0) is 4.79 Å². The molecule has 0 spiro atoms. The zero-order valence-electron chi connectivity index (χ0n) is 10.6. The van der Waals surface area contributed by atoms with E-state index in [0.717, 1.165) is 25.7 Å². The van der Waals surface area contributed by atoms with Crippen LogP contribution in [0.2, 0.25) is 0 Å². The van der Waals surface area contributed by atoms with Crippen molar-refractivity contribution in [3.05, 3.63) is 30.1 Å². The molecule has 1 aromatic rings. The van der Waals surface area contributed by atoms with E-state index < -0.39 is 11.9 Å². The van der Waals surface area contributed by atoms with Gasteiger partial charge in [0.2, 0.25) is 0 Å². The molecule has 1 saturated carbocycles. The van der Waals surface area contributed by atoms with E-state index in [1.165, 1.54) is 18.2 Å². The SMILES string of the molecule is O=C(COc1cccc(F)c1)N[C@@H]1CCCC[C@H]1O. The van der Waals surface area contributed by atoms with Gasteiger partial charge in [0.25, 0.3) is 5.91 Å². The Hall–Kier alpha value is -1.62. The molecular formula is C14H18FNO3. The van der Waals surface area contributed by atoms with Crippen molar-refractivity contribution in [3.8, 4) is 5.75 Å². The number of amides is 1. The number of aliphatic hydroxyl groups excluding tert-OH is 1. The quantitative estimate of drug-likeness (QED) is 0.871. The molecule has 1 fully saturated rings. The van der Waals surface area contributed by atoms with Gasteiger partial charge in [0.05, 0.1) is 12.1 Å². The molecule has 1 amide bonds. The fraction of sp³-hybridized carbons (Fsp3) is 0.500. The van der Waals surface area contributed by atoms with Crippen LogP contribution in [0.25, 0.3) is 0 Å². The standard InChI is InChI=1S/C14H18FNO3/c15-10-4-3-5-11(8-10)19-9-14(18)16-12-6-1-2-7-13(12)17/h3-5,8,12-13,17H,1-2,6-7,9H2,(H,16,18)/t12-,13-/m1/s1. The Bertz CT molecular complexity index is 438. The average Bonchev–Trinajstić information content (AvgIpc) is 2.39. The molecule has 2 atom stereocenters. The molecule has 5 heteroatoms. The maximum atomic E-state index is 12.9. The molecule has 2 N–H and O–H groups in total. The Balaban J connectivity index is 1.78. The second-order valence-electron chi connectivity index (χ2n) is 4.77. The predicted octanol–water partition coefficient (Wildman–Crippen LogP) is 1.62. The lowest BCUT2D eigenvalue weighted by molar-refractivity contribution is -0.125. The van der Waals surface area contributed by atoms with Crippen molar-refractivity contribution in [1.82, 2.24) is 5.32 Å². The minimum atomic E-state index is -0.480. The van der Waals surface area contributed by atoms with Gasteiger partial charge in [-0.3, -0.25) is 4.79 Å². The van der Waals surface area contributed by atoms with Gasteiger partial charge in [-0.05, 0) is 25.0 Å². The van der Waals surface area contributed by atoms with Crippen molar-refractivity contribution >= 4 is 5.91 Å². The van der Waals surface area contributed by atoms with E-state index in [-0.39, 0.29) is 18.6 Å². The Kier molecular flexibility index (Phi) is 4.74. The van der Waals surface area contributed by atoms with Crippen LogP contribution in [0.15, 0.2) is 24.3 Å². The molecule has 0 saturated heterocycles. The van der Waals surface area contributed by atoms with E-state index in [1.54, 1.807) is 6.07 Å². The first-order valence-corrected chi connectivity index (χ1v) is 6.51. The summed E-state index contributed by atoms with van der Waals surface area (Å²) in [5.74, 6) is -0.379. The van der Waals surface area contributed by atoms with Crippen molar-refractivity contribution in [2.24, 2.45) is 0 Å². The molecule has 104 valence electrons. The molecule has 0 aliphatic heterocycles. The van der Waals surface area contributed by atoms with Crippen molar-refractivity contribution in [2.75, 3.05) is 6.61 Å². The van der Waals surface area contributed by atoms with Crippen molar-refractivity contribution in [2.45, 2.75) is 37.8 Å². The largest absolute Gasteiger partial charge is 0.484 e. The number of rotatable bonds is 4. The van der Waals surface area contributed by atoms with E-state index >= 15 is 0 Å². The number of halogens is 1. The maximum Gasteiger partial charge on any atom is 0.258 e. The van der Waals surface area contributed by atoms with Gasteiger partial charge < -0.3 is 15.2 Å². The monoisotopic (exact) mass is 267 g/mol. The van der Waals surface area contributed by atoms with Gasteiger partial charge in [0.15, 0.2) is 6.61 Å². The first-order valence-electron chi connectivity index (χ1n) is 6.51. The molecular weight excluding hydrogens is 249 g/mol. The molecule has 0 aromatic heterocycles. The number of nitrogens with one attached hydrogen (secondary N) is 1. The Morgan fingerprint density at radius 2 is 2.21 bits per heavy atom. The molecule has 0 unspecified atom stereocenters. The third kappa shape index (κ3) is 4.21. The summed E-state index contributed by atoms with van der Waals surface area (Å²) < 4.78 is 18.1. The highest BCUT2D eigenvalue weighted by atomic mass is 19.1. The number of hydrogen-bond acceptors (Lipinski definition) is 3. The van der Waals surface area contributed by atoms with Crippen LogP contribution in [-0.4, -0.2) is 29.8 Å². The number of ether oxygens (including phenoxy) is 1. The number of carbonyl (C=O) groups excluding carboxylic acids is 1. The van der Waals surface area contributed by atoms with Gasteiger partial charge in [-0.25, -0.2) is 4.39 Å². The lowest BCUT2D eigenvalue weighted by Gasteiger charge is -2.28. The lowest BCUT2D eigenvalue weighted by Crippen LogP contribution is -2.46. The summed E-state index contributed by atoms with van der Waals surface area (Å²) in [6.45, 7) is -0.174. The summed E-state index contributed by atoms with van der Waals surface area (Å²) in [5, 5.41) is 12.5. The second-order valence-corrected chi connectivity index (χ2v) is 4.77. The van der Waals surface area contributed by atoms with Crippen LogP contribution in [0.1, 0.15) is 25.7 Å². The summed E-state index contributed by atoms with van der Waals surface area (Å²) >= 11 is 0. The summed E-state index contributed by atoms with van der Waals surface area (Å²) in [5.41, 5.74) is 0. The van der Waals surface area contributed by atoms with E-state index in [4.69, 9.17) is 4.74 Å². The molecule has 19 heavy (non-hydrogen) atoms. The highest BCUT2D eigenvalue weighted by Gasteiger charge is 2.24. The van der Waals surface area contributed by atoms with Crippen molar-refractivity contribution < 1.29 is 19.0 Å². The van der Waals surface area contributed by atoms with E-state index in [2.05, 4.69) is 5.32 Å². The van der Waals surface area contributed by atoms with E-state index in [1.807, 2.05) is 0 Å². The molecule has 1 aliphatic carbocycles. The van der Waals surface area contributed by atoms with Crippen molar-refractivity contribution in [3.63, 3.8) is 0 Å². The van der Waals surface area contributed by atoms with Gasteiger partial charge in [-0.2, -0.15) is 0 Å². The topological polar surface area (TPSA) is 58.6 Å². The van der Waals surface area contributed by atoms with Crippen LogP contribution >= 0.6 is 0 Å². The Morgan fingerprint density at radius 1 is 1.42 bits per heavy atom. The Morgan fingerprint density at radius 3 is 2.95 bits per heavy atom. The number of carbonyl (C=O) groups is 1. The van der Waals surface area contributed by atoms with Crippen LogP contribution in [0.3, 0.4) is 0 Å². The zero-order chi connectivity index (χ0) is 13.7.